The molecule has 0 unspecified atom stereocenters. The smallest absolute Gasteiger partial charge is 0.194 e. The predicted molar refractivity (Wildman–Crippen MR) is 95.1 cm³/mol. The van der Waals surface area contributed by atoms with Gasteiger partial charge in [0.25, 0.3) is 0 Å². The zero-order chi connectivity index (χ0) is 19.6. The van der Waals surface area contributed by atoms with Crippen LogP contribution in [0.2, 0.25) is 0 Å². The zero-order valence-electron chi connectivity index (χ0n) is 15.3. The summed E-state index contributed by atoms with van der Waals surface area (Å²) in [5, 5.41) is 0. The van der Waals surface area contributed by atoms with Crippen molar-refractivity contribution in [3.63, 3.8) is 0 Å². The Morgan fingerprint density at radius 3 is 1.85 bits per heavy atom. The van der Waals surface area contributed by atoms with Crippen molar-refractivity contribution in [2.24, 2.45) is 5.92 Å². The number of benzene rings is 2. The van der Waals surface area contributed by atoms with Crippen molar-refractivity contribution in [3.05, 3.63) is 70.0 Å². The molecule has 0 nitrogen and oxygen atoms in total. The second kappa shape index (κ2) is 8.41. The van der Waals surface area contributed by atoms with Crippen molar-refractivity contribution in [2.75, 3.05) is 0 Å². The molecule has 0 heterocycles. The van der Waals surface area contributed by atoms with Gasteiger partial charge in [-0.25, -0.2) is 22.0 Å². The molecular weight excluding hydrogens is 359 g/mol. The second-order valence-electron chi connectivity index (χ2n) is 7.52. The van der Waals surface area contributed by atoms with Crippen LogP contribution in [0.1, 0.15) is 68.1 Å². The maximum Gasteiger partial charge on any atom is 0.194 e. The molecule has 0 spiro atoms. The summed E-state index contributed by atoms with van der Waals surface area (Å²) in [4.78, 5) is 0. The first-order valence-corrected chi connectivity index (χ1v) is 9.50. The van der Waals surface area contributed by atoms with Gasteiger partial charge in [-0.15, -0.1) is 0 Å². The molecule has 1 aliphatic carbocycles. The van der Waals surface area contributed by atoms with Crippen LogP contribution in [-0.2, 0) is 6.42 Å². The molecule has 0 atom stereocenters. The molecule has 0 aliphatic heterocycles. The Kier molecular flexibility index (Phi) is 6.18. The van der Waals surface area contributed by atoms with Gasteiger partial charge in [-0.3, -0.25) is 0 Å². The second-order valence-corrected chi connectivity index (χ2v) is 7.52. The standard InChI is InChI=1S/C22H23F5/c1-2-3-13-4-6-15(7-5-13)16-11-18(23)17(19(24)12-16)8-14-9-20(25)22(27)21(26)10-14/h9-13,15H,2-8H2,1H3. The fourth-order valence-electron chi connectivity index (χ4n) is 4.13. The van der Waals surface area contributed by atoms with E-state index in [1.165, 1.54) is 18.6 Å². The normalized spacial score (nSPS) is 20.1. The number of rotatable bonds is 5. The van der Waals surface area contributed by atoms with Crippen LogP contribution in [0, 0.1) is 35.0 Å². The van der Waals surface area contributed by atoms with Crippen LogP contribution in [0.5, 0.6) is 0 Å². The van der Waals surface area contributed by atoms with Gasteiger partial charge in [-0.2, -0.15) is 0 Å². The fourth-order valence-corrected chi connectivity index (χ4v) is 4.13. The summed E-state index contributed by atoms with van der Waals surface area (Å²) in [6, 6.07) is 4.19. The highest BCUT2D eigenvalue weighted by Gasteiger charge is 2.24. The van der Waals surface area contributed by atoms with Gasteiger partial charge in [0, 0.05) is 12.0 Å². The van der Waals surface area contributed by atoms with E-state index in [0.29, 0.717) is 11.5 Å². The lowest BCUT2D eigenvalue weighted by molar-refractivity contribution is 0.307. The van der Waals surface area contributed by atoms with Crippen LogP contribution >= 0.6 is 0 Å². The molecule has 27 heavy (non-hydrogen) atoms. The summed E-state index contributed by atoms with van der Waals surface area (Å²) in [5.41, 5.74) is 0.362. The summed E-state index contributed by atoms with van der Waals surface area (Å²) >= 11 is 0. The Bertz CT molecular complexity index is 760. The van der Waals surface area contributed by atoms with Crippen LogP contribution in [-0.4, -0.2) is 0 Å². The van der Waals surface area contributed by atoms with Gasteiger partial charge in [-0.05, 0) is 72.9 Å². The Hall–Kier alpha value is -1.91. The lowest BCUT2D eigenvalue weighted by atomic mass is 9.77. The Morgan fingerprint density at radius 1 is 0.778 bits per heavy atom. The molecule has 5 heteroatoms. The number of halogens is 5. The molecule has 2 aromatic carbocycles. The summed E-state index contributed by atoms with van der Waals surface area (Å²) < 4.78 is 68.8. The van der Waals surface area contributed by atoms with Crippen molar-refractivity contribution in [3.8, 4) is 0 Å². The van der Waals surface area contributed by atoms with E-state index >= 15 is 0 Å². The van der Waals surface area contributed by atoms with Crippen molar-refractivity contribution in [2.45, 2.75) is 57.8 Å². The van der Waals surface area contributed by atoms with Gasteiger partial charge < -0.3 is 0 Å². The highest BCUT2D eigenvalue weighted by atomic mass is 19.2. The minimum atomic E-state index is -1.59. The highest BCUT2D eigenvalue weighted by Crippen LogP contribution is 2.38. The topological polar surface area (TPSA) is 0 Å². The molecule has 0 amide bonds. The molecule has 0 bridgehead atoms. The Balaban J connectivity index is 1.78. The molecule has 0 saturated heterocycles. The average molecular weight is 382 g/mol. The maximum atomic E-state index is 14.5. The van der Waals surface area contributed by atoms with Crippen LogP contribution in [0.4, 0.5) is 22.0 Å². The summed E-state index contributed by atoms with van der Waals surface area (Å²) in [6.45, 7) is 2.16. The van der Waals surface area contributed by atoms with E-state index in [9.17, 15) is 22.0 Å². The van der Waals surface area contributed by atoms with Gasteiger partial charge in [0.05, 0.1) is 0 Å². The first kappa shape index (κ1) is 19.8. The fraction of sp³-hybridized carbons (Fsp3) is 0.455. The molecular formula is C22H23F5. The molecule has 0 radical (unpaired) electrons. The van der Waals surface area contributed by atoms with Crippen LogP contribution < -0.4 is 0 Å². The lowest BCUT2D eigenvalue weighted by Gasteiger charge is -2.29. The predicted octanol–water partition coefficient (Wildman–Crippen LogP) is 7.05. The van der Waals surface area contributed by atoms with Gasteiger partial charge in [0.15, 0.2) is 17.5 Å². The minimum Gasteiger partial charge on any atom is -0.207 e. The minimum absolute atomic E-state index is 0.0166. The van der Waals surface area contributed by atoms with E-state index in [0.717, 1.165) is 44.2 Å². The monoisotopic (exact) mass is 382 g/mol. The van der Waals surface area contributed by atoms with Crippen molar-refractivity contribution >= 4 is 0 Å². The van der Waals surface area contributed by atoms with E-state index in [4.69, 9.17) is 0 Å². The van der Waals surface area contributed by atoms with Crippen LogP contribution in [0.15, 0.2) is 24.3 Å². The summed E-state index contributed by atoms with van der Waals surface area (Å²) in [7, 11) is 0. The first-order valence-electron chi connectivity index (χ1n) is 9.50. The SMILES string of the molecule is CCCC1CCC(c2cc(F)c(Cc3cc(F)c(F)c(F)c3)c(F)c2)CC1. The van der Waals surface area contributed by atoms with Gasteiger partial charge in [0.2, 0.25) is 0 Å². The lowest BCUT2D eigenvalue weighted by Crippen LogP contribution is -2.14. The Labute approximate surface area is 156 Å². The largest absolute Gasteiger partial charge is 0.207 e. The van der Waals surface area contributed by atoms with E-state index in [2.05, 4.69) is 6.92 Å². The number of hydrogen-bond acceptors (Lipinski definition) is 0. The Morgan fingerprint density at radius 2 is 1.33 bits per heavy atom. The van der Waals surface area contributed by atoms with Crippen molar-refractivity contribution < 1.29 is 22.0 Å². The van der Waals surface area contributed by atoms with Crippen LogP contribution in [0.3, 0.4) is 0 Å². The van der Waals surface area contributed by atoms with E-state index in [1.54, 1.807) is 0 Å². The molecule has 2 aromatic rings. The first-order chi connectivity index (χ1) is 12.9. The van der Waals surface area contributed by atoms with Gasteiger partial charge >= 0.3 is 0 Å². The molecule has 0 N–H and O–H groups in total. The average Bonchev–Trinajstić information content (AvgIpc) is 2.63. The van der Waals surface area contributed by atoms with E-state index in [1.807, 2.05) is 0 Å². The summed E-state index contributed by atoms with van der Waals surface area (Å²) in [5.74, 6) is -4.96. The van der Waals surface area contributed by atoms with Crippen molar-refractivity contribution in [1.29, 1.82) is 0 Å². The van der Waals surface area contributed by atoms with Crippen molar-refractivity contribution in [1.82, 2.24) is 0 Å². The third-order valence-electron chi connectivity index (χ3n) is 5.60. The molecule has 0 aromatic heterocycles. The number of hydrogen-bond donors (Lipinski definition) is 0. The molecule has 146 valence electrons. The van der Waals surface area contributed by atoms with Gasteiger partial charge in [0.1, 0.15) is 11.6 Å². The molecule has 1 aliphatic rings. The van der Waals surface area contributed by atoms with E-state index in [-0.39, 0.29) is 23.5 Å². The quantitative estimate of drug-likeness (QED) is 0.384. The molecule has 1 fully saturated rings. The third kappa shape index (κ3) is 4.50. The molecule has 3 rings (SSSR count). The zero-order valence-corrected chi connectivity index (χ0v) is 15.3. The van der Waals surface area contributed by atoms with Crippen LogP contribution in [0.25, 0.3) is 0 Å². The highest BCUT2D eigenvalue weighted by molar-refractivity contribution is 5.33. The van der Waals surface area contributed by atoms with E-state index < -0.39 is 29.1 Å². The maximum absolute atomic E-state index is 14.5. The summed E-state index contributed by atoms with van der Waals surface area (Å²) in [6.07, 6.45) is 5.97. The third-order valence-corrected chi connectivity index (χ3v) is 5.60. The molecule has 1 saturated carbocycles. The van der Waals surface area contributed by atoms with Gasteiger partial charge in [-0.1, -0.05) is 19.8 Å².